The highest BCUT2D eigenvalue weighted by atomic mass is 32.2. The summed E-state index contributed by atoms with van der Waals surface area (Å²) in [5.41, 5.74) is 2.19. The maximum Gasteiger partial charge on any atom is 0.233 e. The molecule has 2 atom stereocenters. The molecule has 0 saturated carbocycles. The maximum atomic E-state index is 12.5. The molecule has 1 amide bonds. The number of hydrogen-bond donors (Lipinski definition) is 1. The number of nitrogens with one attached hydrogen (secondary N) is 1. The number of thioether (sulfide) groups is 1. The van der Waals surface area contributed by atoms with E-state index in [0.717, 1.165) is 33.8 Å². The summed E-state index contributed by atoms with van der Waals surface area (Å²) in [6, 6.07) is 8.07. The van der Waals surface area contributed by atoms with Crippen molar-refractivity contribution in [2.75, 3.05) is 24.2 Å². The van der Waals surface area contributed by atoms with Crippen LogP contribution < -0.4 is 5.32 Å². The van der Waals surface area contributed by atoms with Crippen LogP contribution in [0.3, 0.4) is 0 Å². The second kappa shape index (κ2) is 8.19. The number of carbonyl (C=O) groups excluding carboxylic acids is 1. The van der Waals surface area contributed by atoms with Gasteiger partial charge in [-0.3, -0.25) is 4.79 Å². The monoisotopic (exact) mass is 376 g/mol. The van der Waals surface area contributed by atoms with Crippen molar-refractivity contribution in [1.82, 2.24) is 15.1 Å². The summed E-state index contributed by atoms with van der Waals surface area (Å²) >= 11 is 2.96. The Morgan fingerprint density at radius 2 is 2.00 bits per heavy atom. The predicted molar refractivity (Wildman–Crippen MR) is 105 cm³/mol. The molecule has 0 radical (unpaired) electrons. The number of amides is 1. The Morgan fingerprint density at radius 1 is 1.28 bits per heavy atom. The molecule has 0 bridgehead atoms. The van der Waals surface area contributed by atoms with E-state index < -0.39 is 0 Å². The van der Waals surface area contributed by atoms with E-state index in [1.807, 2.05) is 23.1 Å². The number of nitrogens with zero attached hydrogens (tertiary/aromatic N) is 3. The molecule has 5 nitrogen and oxygen atoms in total. The van der Waals surface area contributed by atoms with Crippen molar-refractivity contribution >= 4 is 39.8 Å². The fraction of sp³-hybridized carbons (Fsp3) is 0.500. The molecule has 134 valence electrons. The van der Waals surface area contributed by atoms with Gasteiger partial charge in [0, 0.05) is 18.8 Å². The minimum atomic E-state index is 0.201. The number of aromatic nitrogens is 2. The summed E-state index contributed by atoms with van der Waals surface area (Å²) in [5, 5.41) is 12.4. The first kappa shape index (κ1) is 18.2. The second-order valence-electron chi connectivity index (χ2n) is 6.85. The highest BCUT2D eigenvalue weighted by Gasteiger charge is 2.25. The van der Waals surface area contributed by atoms with Gasteiger partial charge >= 0.3 is 0 Å². The first-order valence-corrected chi connectivity index (χ1v) is 10.4. The molecule has 7 heteroatoms. The van der Waals surface area contributed by atoms with Gasteiger partial charge in [-0.25, -0.2) is 0 Å². The van der Waals surface area contributed by atoms with Crippen molar-refractivity contribution in [1.29, 1.82) is 0 Å². The number of para-hydroxylation sites is 1. The Morgan fingerprint density at radius 3 is 2.72 bits per heavy atom. The van der Waals surface area contributed by atoms with Crippen LogP contribution in [0.15, 0.2) is 28.6 Å². The van der Waals surface area contributed by atoms with Gasteiger partial charge in [-0.2, -0.15) is 0 Å². The zero-order chi connectivity index (χ0) is 17.8. The minimum Gasteiger partial charge on any atom is -0.341 e. The van der Waals surface area contributed by atoms with E-state index in [1.165, 1.54) is 29.5 Å². The Bertz CT molecular complexity index is 723. The van der Waals surface area contributed by atoms with Gasteiger partial charge in [-0.05, 0) is 36.8 Å². The van der Waals surface area contributed by atoms with Crippen molar-refractivity contribution in [3.63, 3.8) is 0 Å². The molecule has 25 heavy (non-hydrogen) atoms. The molecule has 2 heterocycles. The minimum absolute atomic E-state index is 0.201. The summed E-state index contributed by atoms with van der Waals surface area (Å²) in [5.74, 6) is 1.80. The number of hydrogen-bond acceptors (Lipinski definition) is 6. The van der Waals surface area contributed by atoms with Gasteiger partial charge in [-0.15, -0.1) is 10.2 Å². The molecule has 1 aliphatic heterocycles. The molecule has 2 unspecified atom stereocenters. The molecule has 0 aliphatic carbocycles. The highest BCUT2D eigenvalue weighted by molar-refractivity contribution is 8.01. The lowest BCUT2D eigenvalue weighted by Gasteiger charge is -2.34. The number of carbonyl (C=O) groups is 1. The van der Waals surface area contributed by atoms with E-state index in [-0.39, 0.29) is 5.91 Å². The van der Waals surface area contributed by atoms with Gasteiger partial charge in [0.2, 0.25) is 11.0 Å². The van der Waals surface area contributed by atoms with E-state index in [0.29, 0.717) is 17.6 Å². The lowest BCUT2D eigenvalue weighted by Crippen LogP contribution is -2.43. The molecular formula is C18H24N4OS2. The smallest absolute Gasteiger partial charge is 0.233 e. The summed E-state index contributed by atoms with van der Waals surface area (Å²) < 4.78 is 0.822. The fourth-order valence-electron chi connectivity index (χ4n) is 3.23. The van der Waals surface area contributed by atoms with Gasteiger partial charge in [0.25, 0.3) is 0 Å². The topological polar surface area (TPSA) is 58.1 Å². The maximum absolute atomic E-state index is 12.5. The largest absolute Gasteiger partial charge is 0.341 e. The number of aryl methyl sites for hydroxylation is 1. The second-order valence-corrected chi connectivity index (χ2v) is 9.05. The number of benzene rings is 1. The van der Waals surface area contributed by atoms with Crippen LogP contribution in [-0.4, -0.2) is 39.8 Å². The predicted octanol–water partition coefficient (Wildman–Crippen LogP) is 4.19. The van der Waals surface area contributed by atoms with Gasteiger partial charge in [0.05, 0.1) is 5.75 Å². The van der Waals surface area contributed by atoms with Crippen molar-refractivity contribution in [3.8, 4) is 0 Å². The molecule has 1 aromatic carbocycles. The third-order valence-corrected chi connectivity index (χ3v) is 6.29. The molecular weight excluding hydrogens is 352 g/mol. The molecule has 3 rings (SSSR count). The van der Waals surface area contributed by atoms with Crippen LogP contribution in [0.4, 0.5) is 10.8 Å². The van der Waals surface area contributed by atoms with E-state index in [4.69, 9.17) is 0 Å². The molecule has 0 spiro atoms. The van der Waals surface area contributed by atoms with Crippen molar-refractivity contribution in [2.45, 2.75) is 31.5 Å². The molecule has 1 N–H and O–H groups in total. The van der Waals surface area contributed by atoms with Crippen LogP contribution in [0.5, 0.6) is 0 Å². The standard InChI is InChI=1S/C18H24N4OS2/c1-12-8-13(2)10-22(9-12)16(23)11-24-18-21-20-17(25-18)19-15-7-5-4-6-14(15)3/h4-7,12-13H,8-11H2,1-3H3,(H,19,20). The zero-order valence-electron chi connectivity index (χ0n) is 14.9. The molecule has 2 aromatic rings. The molecule has 1 fully saturated rings. The Balaban J connectivity index is 1.53. The average molecular weight is 377 g/mol. The quantitative estimate of drug-likeness (QED) is 0.793. The zero-order valence-corrected chi connectivity index (χ0v) is 16.5. The Kier molecular flexibility index (Phi) is 5.96. The normalized spacial score (nSPS) is 20.5. The number of piperidine rings is 1. The van der Waals surface area contributed by atoms with E-state index in [2.05, 4.69) is 42.4 Å². The average Bonchev–Trinajstić information content (AvgIpc) is 3.01. The van der Waals surface area contributed by atoms with Gasteiger partial charge in [-0.1, -0.05) is 55.1 Å². The summed E-state index contributed by atoms with van der Waals surface area (Å²) in [4.78, 5) is 14.5. The summed E-state index contributed by atoms with van der Waals surface area (Å²) in [6.07, 6.45) is 1.21. The van der Waals surface area contributed by atoms with E-state index in [1.54, 1.807) is 0 Å². The number of rotatable bonds is 5. The van der Waals surface area contributed by atoms with E-state index in [9.17, 15) is 4.79 Å². The summed E-state index contributed by atoms with van der Waals surface area (Å²) in [7, 11) is 0. The van der Waals surface area contributed by atoms with Crippen molar-refractivity contribution in [3.05, 3.63) is 29.8 Å². The number of anilines is 2. The molecule has 1 saturated heterocycles. The third kappa shape index (κ3) is 4.95. The van der Waals surface area contributed by atoms with Gasteiger partial charge in [0.15, 0.2) is 4.34 Å². The van der Waals surface area contributed by atoms with E-state index >= 15 is 0 Å². The van der Waals surface area contributed by atoms with Crippen LogP contribution in [0.2, 0.25) is 0 Å². The van der Waals surface area contributed by atoms with Crippen molar-refractivity contribution in [2.24, 2.45) is 11.8 Å². The highest BCUT2D eigenvalue weighted by Crippen LogP contribution is 2.29. The first-order chi connectivity index (χ1) is 12.0. The fourth-order valence-corrected chi connectivity index (χ4v) is 4.90. The van der Waals surface area contributed by atoms with Gasteiger partial charge < -0.3 is 10.2 Å². The molecule has 1 aliphatic rings. The Labute approximate surface area is 157 Å². The van der Waals surface area contributed by atoms with Crippen LogP contribution in [-0.2, 0) is 4.79 Å². The first-order valence-electron chi connectivity index (χ1n) is 8.58. The third-order valence-electron chi connectivity index (χ3n) is 4.33. The lowest BCUT2D eigenvalue weighted by molar-refractivity contribution is -0.130. The lowest BCUT2D eigenvalue weighted by atomic mass is 9.92. The number of likely N-dealkylation sites (tertiary alicyclic amines) is 1. The SMILES string of the molecule is Cc1ccccc1Nc1nnc(SCC(=O)N2CC(C)CC(C)C2)s1. The van der Waals surface area contributed by atoms with Crippen molar-refractivity contribution < 1.29 is 4.79 Å². The van der Waals surface area contributed by atoms with Crippen LogP contribution in [0, 0.1) is 18.8 Å². The molecule has 1 aromatic heterocycles. The van der Waals surface area contributed by atoms with Crippen LogP contribution in [0.25, 0.3) is 0 Å². The van der Waals surface area contributed by atoms with Crippen LogP contribution in [0.1, 0.15) is 25.8 Å². The Hall–Kier alpha value is -1.60. The van der Waals surface area contributed by atoms with Gasteiger partial charge in [0.1, 0.15) is 0 Å². The van der Waals surface area contributed by atoms with Crippen LogP contribution >= 0.6 is 23.1 Å². The summed E-state index contributed by atoms with van der Waals surface area (Å²) in [6.45, 7) is 8.24.